The number of hydrogen-bond acceptors (Lipinski definition) is 4. The average Bonchev–Trinajstić information content (AvgIpc) is 2.47. The van der Waals surface area contributed by atoms with E-state index in [4.69, 9.17) is 10.5 Å². The van der Waals surface area contributed by atoms with Crippen molar-refractivity contribution < 1.29 is 9.66 Å². The molecule has 5 nitrogen and oxygen atoms in total. The highest BCUT2D eigenvalue weighted by molar-refractivity contribution is 5.39. The summed E-state index contributed by atoms with van der Waals surface area (Å²) in [6.07, 6.45) is 0.824. The SMILES string of the molecule is NCCc1ccc(OCc2ccccc2[N+](=O)[O-])cc1. The summed E-state index contributed by atoms with van der Waals surface area (Å²) >= 11 is 0. The number of hydrogen-bond donors (Lipinski definition) is 1. The topological polar surface area (TPSA) is 78.4 Å². The molecule has 0 amide bonds. The molecule has 0 heterocycles. The molecular weight excluding hydrogens is 256 g/mol. The van der Waals surface area contributed by atoms with Crippen molar-refractivity contribution in [3.05, 3.63) is 69.8 Å². The summed E-state index contributed by atoms with van der Waals surface area (Å²) in [5.41, 5.74) is 7.26. The molecule has 0 bridgehead atoms. The van der Waals surface area contributed by atoms with Gasteiger partial charge in [0.2, 0.25) is 0 Å². The van der Waals surface area contributed by atoms with Crippen LogP contribution < -0.4 is 10.5 Å². The minimum Gasteiger partial charge on any atom is -0.489 e. The van der Waals surface area contributed by atoms with Crippen molar-refractivity contribution in [3.63, 3.8) is 0 Å². The van der Waals surface area contributed by atoms with Gasteiger partial charge in [0.15, 0.2) is 0 Å². The molecule has 0 spiro atoms. The molecule has 2 aromatic carbocycles. The van der Waals surface area contributed by atoms with Gasteiger partial charge in [-0.25, -0.2) is 0 Å². The van der Waals surface area contributed by atoms with Crippen molar-refractivity contribution >= 4 is 5.69 Å². The molecule has 0 atom stereocenters. The predicted octanol–water partition coefficient (Wildman–Crippen LogP) is 2.68. The van der Waals surface area contributed by atoms with Gasteiger partial charge in [-0.05, 0) is 36.7 Å². The molecule has 0 saturated carbocycles. The molecule has 0 fully saturated rings. The predicted molar refractivity (Wildman–Crippen MR) is 76.6 cm³/mol. The van der Waals surface area contributed by atoms with Gasteiger partial charge in [-0.1, -0.05) is 24.3 Å². The second-order valence-electron chi connectivity index (χ2n) is 4.36. The van der Waals surface area contributed by atoms with E-state index in [1.165, 1.54) is 6.07 Å². The quantitative estimate of drug-likeness (QED) is 0.647. The standard InChI is InChI=1S/C15H16N2O3/c16-10-9-12-5-7-14(8-6-12)20-11-13-3-1-2-4-15(13)17(18)19/h1-8H,9-11,16H2. The smallest absolute Gasteiger partial charge is 0.276 e. The van der Waals surface area contributed by atoms with Crippen LogP contribution in [-0.2, 0) is 13.0 Å². The van der Waals surface area contributed by atoms with Gasteiger partial charge in [0.1, 0.15) is 12.4 Å². The number of rotatable bonds is 6. The Hall–Kier alpha value is -2.40. The lowest BCUT2D eigenvalue weighted by molar-refractivity contribution is -0.385. The first-order valence-corrected chi connectivity index (χ1v) is 6.35. The zero-order valence-electron chi connectivity index (χ0n) is 11.0. The fraction of sp³-hybridized carbons (Fsp3) is 0.200. The van der Waals surface area contributed by atoms with Gasteiger partial charge >= 0.3 is 0 Å². The first-order valence-electron chi connectivity index (χ1n) is 6.35. The van der Waals surface area contributed by atoms with E-state index in [0.717, 1.165) is 12.0 Å². The van der Waals surface area contributed by atoms with Crippen LogP contribution in [0.3, 0.4) is 0 Å². The summed E-state index contributed by atoms with van der Waals surface area (Å²) in [5.74, 6) is 0.684. The van der Waals surface area contributed by atoms with Crippen molar-refractivity contribution in [1.29, 1.82) is 0 Å². The Morgan fingerprint density at radius 3 is 2.45 bits per heavy atom. The van der Waals surface area contributed by atoms with E-state index in [0.29, 0.717) is 17.9 Å². The molecule has 0 aromatic heterocycles. The van der Waals surface area contributed by atoms with Gasteiger partial charge in [0.05, 0.1) is 10.5 Å². The van der Waals surface area contributed by atoms with Crippen molar-refractivity contribution in [2.75, 3.05) is 6.54 Å². The Kier molecular flexibility index (Phi) is 4.68. The molecule has 5 heteroatoms. The maximum absolute atomic E-state index is 10.9. The van der Waals surface area contributed by atoms with Crippen LogP contribution in [0.4, 0.5) is 5.69 Å². The maximum Gasteiger partial charge on any atom is 0.276 e. The molecule has 20 heavy (non-hydrogen) atoms. The molecular formula is C15H16N2O3. The lowest BCUT2D eigenvalue weighted by Gasteiger charge is -2.07. The second-order valence-corrected chi connectivity index (χ2v) is 4.36. The van der Waals surface area contributed by atoms with E-state index in [2.05, 4.69) is 0 Å². The summed E-state index contributed by atoms with van der Waals surface area (Å²) in [4.78, 5) is 10.5. The summed E-state index contributed by atoms with van der Waals surface area (Å²) in [6.45, 7) is 0.782. The van der Waals surface area contributed by atoms with E-state index in [1.807, 2.05) is 24.3 Å². The summed E-state index contributed by atoms with van der Waals surface area (Å²) < 4.78 is 5.58. The molecule has 0 aliphatic rings. The van der Waals surface area contributed by atoms with Crippen LogP contribution in [0.15, 0.2) is 48.5 Å². The number of para-hydroxylation sites is 1. The van der Waals surface area contributed by atoms with E-state index in [1.54, 1.807) is 18.2 Å². The summed E-state index contributed by atoms with van der Waals surface area (Å²) in [6, 6.07) is 14.2. The molecule has 0 saturated heterocycles. The van der Waals surface area contributed by atoms with E-state index < -0.39 is 4.92 Å². The number of nitrogens with zero attached hydrogens (tertiary/aromatic N) is 1. The fourth-order valence-corrected chi connectivity index (χ4v) is 1.89. The van der Waals surface area contributed by atoms with Crippen molar-refractivity contribution in [2.24, 2.45) is 5.73 Å². The van der Waals surface area contributed by atoms with Crippen LogP contribution >= 0.6 is 0 Å². The Morgan fingerprint density at radius 2 is 1.80 bits per heavy atom. The van der Waals surface area contributed by atoms with Crippen LogP contribution in [0.1, 0.15) is 11.1 Å². The molecule has 0 unspecified atom stereocenters. The van der Waals surface area contributed by atoms with Crippen LogP contribution in [0.5, 0.6) is 5.75 Å². The van der Waals surface area contributed by atoms with Crippen molar-refractivity contribution in [1.82, 2.24) is 0 Å². The average molecular weight is 272 g/mol. The Morgan fingerprint density at radius 1 is 1.10 bits per heavy atom. The Bertz CT molecular complexity index is 582. The maximum atomic E-state index is 10.9. The first kappa shape index (κ1) is 14.0. The summed E-state index contributed by atoms with van der Waals surface area (Å²) in [5, 5.41) is 10.9. The number of nitro benzene ring substituents is 1. The number of nitro groups is 1. The van der Waals surface area contributed by atoms with Gasteiger partial charge in [-0.15, -0.1) is 0 Å². The normalized spacial score (nSPS) is 10.2. The van der Waals surface area contributed by atoms with Gasteiger partial charge in [0, 0.05) is 6.07 Å². The van der Waals surface area contributed by atoms with Crippen LogP contribution in [0.2, 0.25) is 0 Å². The molecule has 104 valence electrons. The summed E-state index contributed by atoms with van der Waals surface area (Å²) in [7, 11) is 0. The highest BCUT2D eigenvalue weighted by Crippen LogP contribution is 2.20. The van der Waals surface area contributed by atoms with Gasteiger partial charge in [-0.2, -0.15) is 0 Å². The number of ether oxygens (including phenoxy) is 1. The lowest BCUT2D eigenvalue weighted by atomic mass is 10.1. The minimum absolute atomic E-state index is 0.0762. The molecule has 2 aromatic rings. The molecule has 2 N–H and O–H groups in total. The number of nitrogens with two attached hydrogens (primary N) is 1. The van der Waals surface area contributed by atoms with E-state index in [-0.39, 0.29) is 12.3 Å². The second kappa shape index (κ2) is 6.68. The molecule has 0 aliphatic heterocycles. The van der Waals surface area contributed by atoms with Gasteiger partial charge in [-0.3, -0.25) is 10.1 Å². The monoisotopic (exact) mass is 272 g/mol. The zero-order valence-corrected chi connectivity index (χ0v) is 11.0. The van der Waals surface area contributed by atoms with Crippen LogP contribution in [0.25, 0.3) is 0 Å². The van der Waals surface area contributed by atoms with Gasteiger partial charge in [0.25, 0.3) is 5.69 Å². The highest BCUT2D eigenvalue weighted by atomic mass is 16.6. The number of benzene rings is 2. The molecule has 0 aliphatic carbocycles. The minimum atomic E-state index is -0.400. The Balaban J connectivity index is 2.03. The first-order chi connectivity index (χ1) is 9.70. The lowest BCUT2D eigenvalue weighted by Crippen LogP contribution is -2.03. The highest BCUT2D eigenvalue weighted by Gasteiger charge is 2.12. The van der Waals surface area contributed by atoms with Crippen molar-refractivity contribution in [2.45, 2.75) is 13.0 Å². The third kappa shape index (κ3) is 3.55. The largest absolute Gasteiger partial charge is 0.489 e. The van der Waals surface area contributed by atoms with Crippen molar-refractivity contribution in [3.8, 4) is 5.75 Å². The van der Waals surface area contributed by atoms with E-state index >= 15 is 0 Å². The van der Waals surface area contributed by atoms with Gasteiger partial charge < -0.3 is 10.5 Å². The zero-order chi connectivity index (χ0) is 14.4. The third-order valence-corrected chi connectivity index (χ3v) is 2.94. The molecule has 2 rings (SSSR count). The van der Waals surface area contributed by atoms with E-state index in [9.17, 15) is 10.1 Å². The third-order valence-electron chi connectivity index (χ3n) is 2.94. The fourth-order valence-electron chi connectivity index (χ4n) is 1.89. The Labute approximate surface area is 117 Å². The molecule has 0 radical (unpaired) electrons. The van der Waals surface area contributed by atoms with Crippen LogP contribution in [-0.4, -0.2) is 11.5 Å². The van der Waals surface area contributed by atoms with Crippen LogP contribution in [0, 0.1) is 10.1 Å².